The number of carbonyl (C=O) groups excluding carboxylic acids is 1. The molecule has 1 aromatic carbocycles. The first-order chi connectivity index (χ1) is 8.79. The average molecular weight is 246 g/mol. The van der Waals surface area contributed by atoms with Gasteiger partial charge in [-0.15, -0.1) is 0 Å². The second-order valence-electron chi connectivity index (χ2n) is 4.91. The molecule has 0 radical (unpaired) electrons. The van der Waals surface area contributed by atoms with Crippen LogP contribution in [0, 0.1) is 0 Å². The molecule has 1 saturated heterocycles. The summed E-state index contributed by atoms with van der Waals surface area (Å²) < 4.78 is 0. The number of carbonyl (C=O) groups is 1. The number of benzene rings is 1. The minimum Gasteiger partial charge on any atom is -0.326 e. The Morgan fingerprint density at radius 3 is 2.94 bits per heavy atom. The summed E-state index contributed by atoms with van der Waals surface area (Å²) in [5.41, 5.74) is 2.16. The van der Waals surface area contributed by atoms with E-state index in [1.807, 2.05) is 18.2 Å². The van der Waals surface area contributed by atoms with Crippen LogP contribution in [-0.2, 0) is 11.2 Å². The van der Waals surface area contributed by atoms with Crippen molar-refractivity contribution in [2.45, 2.75) is 45.1 Å². The van der Waals surface area contributed by atoms with Crippen molar-refractivity contribution < 1.29 is 4.79 Å². The van der Waals surface area contributed by atoms with E-state index < -0.39 is 0 Å². The minimum atomic E-state index is 0.121. The summed E-state index contributed by atoms with van der Waals surface area (Å²) in [4.78, 5) is 12.0. The molecule has 3 heteroatoms. The standard InChI is InChI=1S/C15H22N2O/c1-2-12-7-3-4-9-14(12)17-15(18)11-13-8-5-6-10-16-13/h3-4,7,9,13,16H,2,5-6,8,10-11H2,1H3,(H,17,18). The van der Waals surface area contributed by atoms with Crippen LogP contribution in [0.4, 0.5) is 5.69 Å². The van der Waals surface area contributed by atoms with E-state index in [2.05, 4.69) is 23.6 Å². The van der Waals surface area contributed by atoms with E-state index in [0.717, 1.165) is 25.1 Å². The Morgan fingerprint density at radius 1 is 1.39 bits per heavy atom. The SMILES string of the molecule is CCc1ccccc1NC(=O)CC1CCCCN1. The first kappa shape index (κ1) is 13.1. The Morgan fingerprint density at radius 2 is 2.22 bits per heavy atom. The van der Waals surface area contributed by atoms with Gasteiger partial charge in [0.15, 0.2) is 0 Å². The zero-order valence-electron chi connectivity index (χ0n) is 11.0. The highest BCUT2D eigenvalue weighted by Gasteiger charge is 2.16. The summed E-state index contributed by atoms with van der Waals surface area (Å²) >= 11 is 0. The van der Waals surface area contributed by atoms with Crippen LogP contribution in [0.5, 0.6) is 0 Å². The average Bonchev–Trinajstić information content (AvgIpc) is 2.40. The predicted molar refractivity (Wildman–Crippen MR) is 74.7 cm³/mol. The molecule has 1 aliphatic rings. The number of para-hydroxylation sites is 1. The van der Waals surface area contributed by atoms with E-state index >= 15 is 0 Å². The molecule has 1 heterocycles. The van der Waals surface area contributed by atoms with Crippen molar-refractivity contribution in [2.75, 3.05) is 11.9 Å². The number of hydrogen-bond donors (Lipinski definition) is 2. The molecule has 2 N–H and O–H groups in total. The van der Waals surface area contributed by atoms with Gasteiger partial charge in [-0.05, 0) is 37.4 Å². The monoisotopic (exact) mass is 246 g/mol. The van der Waals surface area contributed by atoms with Gasteiger partial charge in [0.2, 0.25) is 5.91 Å². The summed E-state index contributed by atoms with van der Waals surface area (Å²) in [5.74, 6) is 0.121. The highest BCUT2D eigenvalue weighted by molar-refractivity contribution is 5.91. The fraction of sp³-hybridized carbons (Fsp3) is 0.533. The third kappa shape index (κ3) is 3.57. The highest BCUT2D eigenvalue weighted by atomic mass is 16.1. The van der Waals surface area contributed by atoms with Crippen LogP contribution in [0.2, 0.25) is 0 Å². The predicted octanol–water partition coefficient (Wildman–Crippen LogP) is 2.72. The van der Waals surface area contributed by atoms with E-state index in [0.29, 0.717) is 12.5 Å². The quantitative estimate of drug-likeness (QED) is 0.857. The summed E-state index contributed by atoms with van der Waals surface area (Å²) in [6.07, 6.45) is 5.10. The smallest absolute Gasteiger partial charge is 0.225 e. The second-order valence-corrected chi connectivity index (χ2v) is 4.91. The van der Waals surface area contributed by atoms with Crippen LogP contribution in [-0.4, -0.2) is 18.5 Å². The summed E-state index contributed by atoms with van der Waals surface area (Å²) in [6.45, 7) is 3.15. The lowest BCUT2D eigenvalue weighted by atomic mass is 10.0. The van der Waals surface area contributed by atoms with Crippen molar-refractivity contribution in [3.8, 4) is 0 Å². The first-order valence-corrected chi connectivity index (χ1v) is 6.90. The molecule has 0 bridgehead atoms. The molecule has 1 aliphatic heterocycles. The Labute approximate surface area is 109 Å². The van der Waals surface area contributed by atoms with Crippen molar-refractivity contribution in [1.29, 1.82) is 0 Å². The van der Waals surface area contributed by atoms with Crippen LogP contribution in [0.1, 0.15) is 38.2 Å². The third-order valence-electron chi connectivity index (χ3n) is 3.52. The Hall–Kier alpha value is -1.35. The van der Waals surface area contributed by atoms with Crippen molar-refractivity contribution >= 4 is 11.6 Å². The topological polar surface area (TPSA) is 41.1 Å². The molecule has 1 fully saturated rings. The molecule has 0 aromatic heterocycles. The van der Waals surface area contributed by atoms with E-state index in [4.69, 9.17) is 0 Å². The molecular weight excluding hydrogens is 224 g/mol. The first-order valence-electron chi connectivity index (χ1n) is 6.90. The van der Waals surface area contributed by atoms with E-state index in [-0.39, 0.29) is 5.91 Å². The van der Waals surface area contributed by atoms with Crippen molar-refractivity contribution in [3.05, 3.63) is 29.8 Å². The number of anilines is 1. The fourth-order valence-corrected chi connectivity index (χ4v) is 2.47. The molecule has 1 unspecified atom stereocenters. The van der Waals surface area contributed by atoms with Crippen molar-refractivity contribution in [3.63, 3.8) is 0 Å². The summed E-state index contributed by atoms with van der Waals surface area (Å²) in [7, 11) is 0. The lowest BCUT2D eigenvalue weighted by Crippen LogP contribution is -2.37. The van der Waals surface area contributed by atoms with Gasteiger partial charge in [0.25, 0.3) is 0 Å². The largest absolute Gasteiger partial charge is 0.326 e. The zero-order valence-corrected chi connectivity index (χ0v) is 11.0. The van der Waals surface area contributed by atoms with Crippen LogP contribution in [0.25, 0.3) is 0 Å². The van der Waals surface area contributed by atoms with Crippen LogP contribution in [0.3, 0.4) is 0 Å². The molecule has 0 saturated carbocycles. The third-order valence-corrected chi connectivity index (χ3v) is 3.52. The van der Waals surface area contributed by atoms with Gasteiger partial charge >= 0.3 is 0 Å². The van der Waals surface area contributed by atoms with E-state index in [1.165, 1.54) is 18.4 Å². The maximum Gasteiger partial charge on any atom is 0.225 e. The minimum absolute atomic E-state index is 0.121. The lowest BCUT2D eigenvalue weighted by molar-refractivity contribution is -0.116. The second kappa shape index (κ2) is 6.55. The summed E-state index contributed by atoms with van der Waals surface area (Å²) in [5, 5.41) is 6.43. The Bertz CT molecular complexity index is 397. The maximum atomic E-state index is 12.0. The van der Waals surface area contributed by atoms with Gasteiger partial charge in [-0.3, -0.25) is 4.79 Å². The maximum absolute atomic E-state index is 12.0. The molecule has 1 amide bonds. The number of amides is 1. The molecule has 0 aliphatic carbocycles. The van der Waals surface area contributed by atoms with Crippen molar-refractivity contribution in [2.24, 2.45) is 0 Å². The molecule has 0 spiro atoms. The van der Waals surface area contributed by atoms with Crippen molar-refractivity contribution in [1.82, 2.24) is 5.32 Å². The van der Waals surface area contributed by atoms with Gasteiger partial charge in [0, 0.05) is 18.2 Å². The number of nitrogens with one attached hydrogen (secondary N) is 2. The Balaban J connectivity index is 1.90. The van der Waals surface area contributed by atoms with Gasteiger partial charge in [-0.1, -0.05) is 31.5 Å². The van der Waals surface area contributed by atoms with E-state index in [9.17, 15) is 4.79 Å². The van der Waals surface area contributed by atoms with Crippen LogP contribution in [0.15, 0.2) is 24.3 Å². The van der Waals surface area contributed by atoms with Gasteiger partial charge < -0.3 is 10.6 Å². The van der Waals surface area contributed by atoms with Crippen LogP contribution < -0.4 is 10.6 Å². The number of aryl methyl sites for hydroxylation is 1. The number of hydrogen-bond acceptors (Lipinski definition) is 2. The number of piperidine rings is 1. The van der Waals surface area contributed by atoms with Gasteiger partial charge in [0.05, 0.1) is 0 Å². The van der Waals surface area contributed by atoms with Gasteiger partial charge in [0.1, 0.15) is 0 Å². The summed E-state index contributed by atoms with van der Waals surface area (Å²) in [6, 6.07) is 8.37. The Kier molecular flexibility index (Phi) is 4.76. The van der Waals surface area contributed by atoms with E-state index in [1.54, 1.807) is 0 Å². The molecule has 18 heavy (non-hydrogen) atoms. The molecule has 1 atom stereocenters. The molecule has 1 aromatic rings. The highest BCUT2D eigenvalue weighted by Crippen LogP contribution is 2.17. The normalized spacial score (nSPS) is 19.5. The fourth-order valence-electron chi connectivity index (χ4n) is 2.47. The van der Waals surface area contributed by atoms with Gasteiger partial charge in [-0.25, -0.2) is 0 Å². The van der Waals surface area contributed by atoms with Crippen LogP contribution >= 0.6 is 0 Å². The lowest BCUT2D eigenvalue weighted by Gasteiger charge is -2.23. The molecule has 2 rings (SSSR count). The van der Waals surface area contributed by atoms with Gasteiger partial charge in [-0.2, -0.15) is 0 Å². The molecule has 98 valence electrons. The molecular formula is C15H22N2O. The number of rotatable bonds is 4. The molecule has 3 nitrogen and oxygen atoms in total. The zero-order chi connectivity index (χ0) is 12.8.